The van der Waals surface area contributed by atoms with E-state index in [-0.39, 0.29) is 51.7 Å². The fourth-order valence-electron chi connectivity index (χ4n) is 3.88. The first-order chi connectivity index (χ1) is 20.4. The van der Waals surface area contributed by atoms with Gasteiger partial charge in [-0.05, 0) is 66.6 Å². The van der Waals surface area contributed by atoms with Gasteiger partial charge >= 0.3 is 18.2 Å². The van der Waals surface area contributed by atoms with Crippen LogP contribution in [-0.4, -0.2) is 61.1 Å². The van der Waals surface area contributed by atoms with E-state index in [0.29, 0.717) is 15.8 Å². The Balaban J connectivity index is 1.61. The number of carbonyl (C=O) groups excluding carboxylic acids is 1. The van der Waals surface area contributed by atoms with Crippen molar-refractivity contribution in [1.82, 2.24) is 4.90 Å². The molecule has 0 aliphatic rings. The van der Waals surface area contributed by atoms with E-state index in [4.69, 9.17) is 42.1 Å². The van der Waals surface area contributed by atoms with Crippen molar-refractivity contribution >= 4 is 35.3 Å². The summed E-state index contributed by atoms with van der Waals surface area (Å²) in [4.78, 5) is 25.5. The number of nitrogens with zero attached hydrogens (tertiary/aromatic N) is 1. The molecular weight excluding hydrogens is 614 g/mol. The normalized spacial score (nSPS) is 12.0. The first-order valence-electron chi connectivity index (χ1n) is 13.2. The van der Waals surface area contributed by atoms with Crippen LogP contribution in [0.4, 0.5) is 18.0 Å². The van der Waals surface area contributed by atoms with Gasteiger partial charge in [0.2, 0.25) is 0 Å². The summed E-state index contributed by atoms with van der Waals surface area (Å²) in [5.41, 5.74) is 0.506. The van der Waals surface area contributed by atoms with Gasteiger partial charge in [-0.3, -0.25) is 0 Å². The summed E-state index contributed by atoms with van der Waals surface area (Å²) in [6, 6.07) is 15.7. The molecule has 1 N–H and O–H groups in total. The van der Waals surface area contributed by atoms with Crippen LogP contribution in [0.1, 0.15) is 23.6 Å². The Bertz CT molecular complexity index is 1340. The molecule has 3 aromatic carbocycles. The number of ether oxygens (including phenoxy) is 4. The Morgan fingerprint density at radius 3 is 2.21 bits per heavy atom. The van der Waals surface area contributed by atoms with Crippen molar-refractivity contribution in [1.29, 1.82) is 0 Å². The predicted molar refractivity (Wildman–Crippen MR) is 154 cm³/mol. The number of carboxylic acid groups (broad SMARTS) is 1. The Kier molecular flexibility index (Phi) is 12.9. The maximum absolute atomic E-state index is 13.1. The molecule has 0 aliphatic carbocycles. The highest BCUT2D eigenvalue weighted by Gasteiger charge is 2.31. The highest BCUT2D eigenvalue weighted by molar-refractivity contribution is 6.34. The van der Waals surface area contributed by atoms with Crippen molar-refractivity contribution in [3.63, 3.8) is 0 Å². The second-order valence-corrected chi connectivity index (χ2v) is 10.1. The number of benzene rings is 3. The topological polar surface area (TPSA) is 94.5 Å². The van der Waals surface area contributed by atoms with Crippen LogP contribution in [-0.2, 0) is 33.5 Å². The molecule has 0 aliphatic heterocycles. The summed E-state index contributed by atoms with van der Waals surface area (Å²) >= 11 is 12.0. The standard InChI is InChI=1S/C30H30Cl2F3NO7/c1-2-41-27(28(37)38)16-20-6-8-25(9-7-20)42-13-11-36(10-12-40-19-21-14-23(31)18-24(32)15-21)29(39)43-26-5-3-4-22(17-26)30(33,34)35/h3-9,14-15,17-18,27H,2,10-13,16,19H2,1H3,(H,37,38). The highest BCUT2D eigenvalue weighted by atomic mass is 35.5. The molecule has 43 heavy (non-hydrogen) atoms. The molecular formula is C30H30Cl2F3NO7. The molecule has 3 rings (SSSR count). The average molecular weight is 644 g/mol. The lowest BCUT2D eigenvalue weighted by Gasteiger charge is -2.22. The fraction of sp³-hybridized carbons (Fsp3) is 0.333. The quantitative estimate of drug-likeness (QED) is 0.176. The Morgan fingerprint density at radius 1 is 0.907 bits per heavy atom. The van der Waals surface area contributed by atoms with Crippen molar-refractivity contribution in [2.24, 2.45) is 0 Å². The van der Waals surface area contributed by atoms with E-state index in [1.807, 2.05) is 0 Å². The van der Waals surface area contributed by atoms with Crippen molar-refractivity contribution in [2.45, 2.75) is 32.2 Å². The summed E-state index contributed by atoms with van der Waals surface area (Å²) in [7, 11) is 0. The first kappa shape index (κ1) is 34.0. The van der Waals surface area contributed by atoms with Gasteiger partial charge in [-0.2, -0.15) is 13.2 Å². The summed E-state index contributed by atoms with van der Waals surface area (Å²) in [5, 5.41) is 10.2. The van der Waals surface area contributed by atoms with E-state index in [1.165, 1.54) is 11.0 Å². The van der Waals surface area contributed by atoms with Crippen molar-refractivity contribution in [3.05, 3.63) is 93.5 Å². The molecule has 13 heteroatoms. The number of hydrogen-bond acceptors (Lipinski definition) is 6. The predicted octanol–water partition coefficient (Wildman–Crippen LogP) is 7.14. The smallest absolute Gasteiger partial charge is 0.416 e. The second-order valence-electron chi connectivity index (χ2n) is 9.19. The molecule has 0 saturated carbocycles. The third kappa shape index (κ3) is 11.6. The van der Waals surface area contributed by atoms with E-state index in [0.717, 1.165) is 29.3 Å². The molecule has 3 aromatic rings. The maximum atomic E-state index is 13.1. The molecule has 0 fully saturated rings. The number of rotatable bonds is 15. The van der Waals surface area contributed by atoms with E-state index in [9.17, 15) is 27.9 Å². The lowest BCUT2D eigenvalue weighted by molar-refractivity contribution is -0.150. The van der Waals surface area contributed by atoms with Crippen LogP contribution in [0.15, 0.2) is 66.7 Å². The average Bonchev–Trinajstić information content (AvgIpc) is 2.94. The van der Waals surface area contributed by atoms with Gasteiger partial charge in [0.15, 0.2) is 6.10 Å². The lowest BCUT2D eigenvalue weighted by atomic mass is 10.1. The van der Waals surface area contributed by atoms with Crippen LogP contribution >= 0.6 is 23.2 Å². The minimum atomic E-state index is -4.60. The van der Waals surface area contributed by atoms with Gasteiger partial charge in [0.1, 0.15) is 18.1 Å². The number of aliphatic carboxylic acids is 1. The van der Waals surface area contributed by atoms with Gasteiger partial charge < -0.3 is 29.0 Å². The summed E-state index contributed by atoms with van der Waals surface area (Å²) in [6.07, 6.45) is -6.27. The molecule has 1 unspecified atom stereocenters. The zero-order valence-corrected chi connectivity index (χ0v) is 24.6. The molecule has 8 nitrogen and oxygen atoms in total. The van der Waals surface area contributed by atoms with Gasteiger partial charge in [0.05, 0.1) is 25.3 Å². The largest absolute Gasteiger partial charge is 0.492 e. The third-order valence-electron chi connectivity index (χ3n) is 5.94. The molecule has 0 spiro atoms. The summed E-state index contributed by atoms with van der Waals surface area (Å²) in [6.45, 7) is 2.31. The highest BCUT2D eigenvalue weighted by Crippen LogP contribution is 2.31. The van der Waals surface area contributed by atoms with Crippen LogP contribution in [0.25, 0.3) is 0 Å². The molecule has 1 atom stereocenters. The number of hydrogen-bond donors (Lipinski definition) is 1. The zero-order chi connectivity index (χ0) is 31.4. The van der Waals surface area contributed by atoms with Crippen molar-refractivity contribution in [2.75, 3.05) is 32.9 Å². The lowest BCUT2D eigenvalue weighted by Crippen LogP contribution is -2.39. The SMILES string of the molecule is CCOC(Cc1ccc(OCCN(CCOCc2cc(Cl)cc(Cl)c2)C(=O)Oc2cccc(C(F)(F)F)c2)cc1)C(=O)O. The number of amides is 1. The number of carbonyl (C=O) groups is 2. The minimum absolute atomic E-state index is 0.0251. The zero-order valence-electron chi connectivity index (χ0n) is 23.1. The molecule has 0 heterocycles. The van der Waals surface area contributed by atoms with Crippen LogP contribution in [0, 0.1) is 0 Å². The molecule has 0 bridgehead atoms. The molecule has 0 radical (unpaired) electrons. The van der Waals surface area contributed by atoms with Gasteiger partial charge in [-0.15, -0.1) is 0 Å². The van der Waals surface area contributed by atoms with Crippen LogP contribution in [0.3, 0.4) is 0 Å². The first-order valence-corrected chi connectivity index (χ1v) is 13.9. The van der Waals surface area contributed by atoms with E-state index >= 15 is 0 Å². The third-order valence-corrected chi connectivity index (χ3v) is 6.38. The van der Waals surface area contributed by atoms with Crippen molar-refractivity contribution < 1.29 is 46.8 Å². The summed E-state index contributed by atoms with van der Waals surface area (Å²) < 4.78 is 61.2. The van der Waals surface area contributed by atoms with Crippen LogP contribution in [0.2, 0.25) is 10.0 Å². The Morgan fingerprint density at radius 2 is 1.58 bits per heavy atom. The number of carboxylic acids is 1. The molecule has 0 saturated heterocycles. The van der Waals surface area contributed by atoms with E-state index in [2.05, 4.69) is 0 Å². The summed E-state index contributed by atoms with van der Waals surface area (Å²) in [5.74, 6) is -0.852. The van der Waals surface area contributed by atoms with Crippen LogP contribution < -0.4 is 9.47 Å². The van der Waals surface area contributed by atoms with Gasteiger partial charge in [0.25, 0.3) is 0 Å². The van der Waals surface area contributed by atoms with Crippen LogP contribution in [0.5, 0.6) is 11.5 Å². The molecule has 0 aromatic heterocycles. The van der Waals surface area contributed by atoms with E-state index < -0.39 is 29.9 Å². The van der Waals surface area contributed by atoms with Gasteiger partial charge in [-0.1, -0.05) is 41.4 Å². The monoisotopic (exact) mass is 643 g/mol. The molecule has 1 amide bonds. The number of halogens is 5. The van der Waals surface area contributed by atoms with Gasteiger partial charge in [0, 0.05) is 29.6 Å². The second kappa shape index (κ2) is 16.4. The van der Waals surface area contributed by atoms with Gasteiger partial charge in [-0.25, -0.2) is 9.59 Å². The van der Waals surface area contributed by atoms with Crippen molar-refractivity contribution in [3.8, 4) is 11.5 Å². The minimum Gasteiger partial charge on any atom is -0.492 e. The number of alkyl halides is 3. The Labute approximate surface area is 256 Å². The molecule has 232 valence electrons. The Hall–Kier alpha value is -3.51. The van der Waals surface area contributed by atoms with E-state index in [1.54, 1.807) is 49.4 Å². The fourth-order valence-corrected chi connectivity index (χ4v) is 4.45. The maximum Gasteiger partial charge on any atom is 0.416 e.